The summed E-state index contributed by atoms with van der Waals surface area (Å²) in [6.07, 6.45) is 0. The molecule has 0 aromatic heterocycles. The lowest BCUT2D eigenvalue weighted by molar-refractivity contribution is 0.102. The number of amides is 1. The molecular weight excluding hydrogens is 311 g/mol. The Morgan fingerprint density at radius 3 is 2.33 bits per heavy atom. The van der Waals surface area contributed by atoms with E-state index in [1.165, 1.54) is 12.1 Å². The highest BCUT2D eigenvalue weighted by molar-refractivity contribution is 6.37. The van der Waals surface area contributed by atoms with Gasteiger partial charge in [0.15, 0.2) is 5.75 Å². The molecule has 0 aliphatic heterocycles. The second-order valence-corrected chi connectivity index (χ2v) is 5.50. The Morgan fingerprint density at radius 2 is 1.76 bits per heavy atom. The number of nitrogens with one attached hydrogen (secondary N) is 1. The van der Waals surface area contributed by atoms with Crippen molar-refractivity contribution in [2.24, 2.45) is 0 Å². The van der Waals surface area contributed by atoms with Crippen LogP contribution in [0.1, 0.15) is 10.4 Å². The number of halogens is 2. The summed E-state index contributed by atoms with van der Waals surface area (Å²) in [5.41, 5.74) is 1.86. The second-order valence-electron chi connectivity index (χ2n) is 4.69. The number of nitrogens with zero attached hydrogens (tertiary/aromatic N) is 1. The smallest absolute Gasteiger partial charge is 0.255 e. The molecule has 110 valence electrons. The first kappa shape index (κ1) is 15.5. The summed E-state index contributed by atoms with van der Waals surface area (Å²) in [4.78, 5) is 14.1. The fourth-order valence-electron chi connectivity index (χ4n) is 1.77. The van der Waals surface area contributed by atoms with Crippen molar-refractivity contribution in [3.8, 4) is 5.75 Å². The molecule has 4 nitrogen and oxygen atoms in total. The number of hydrogen-bond acceptors (Lipinski definition) is 3. The minimum absolute atomic E-state index is 0.0832. The number of hydrogen-bond donors (Lipinski definition) is 2. The molecule has 2 rings (SSSR count). The summed E-state index contributed by atoms with van der Waals surface area (Å²) in [5.74, 6) is -0.484. The third kappa shape index (κ3) is 3.60. The van der Waals surface area contributed by atoms with E-state index in [4.69, 9.17) is 23.2 Å². The van der Waals surface area contributed by atoms with E-state index in [9.17, 15) is 9.90 Å². The van der Waals surface area contributed by atoms with Crippen LogP contribution in [0, 0.1) is 0 Å². The second kappa shape index (κ2) is 6.24. The van der Waals surface area contributed by atoms with Gasteiger partial charge in [-0.15, -0.1) is 0 Å². The van der Waals surface area contributed by atoms with Gasteiger partial charge in [0.1, 0.15) is 0 Å². The van der Waals surface area contributed by atoms with Crippen LogP contribution in [0.15, 0.2) is 36.4 Å². The summed E-state index contributed by atoms with van der Waals surface area (Å²) in [5, 5.41) is 12.4. The zero-order valence-corrected chi connectivity index (χ0v) is 13.0. The first-order valence-electron chi connectivity index (χ1n) is 6.15. The van der Waals surface area contributed by atoms with Crippen LogP contribution in [0.4, 0.5) is 11.4 Å². The molecule has 0 unspecified atom stereocenters. The number of anilines is 2. The van der Waals surface area contributed by atoms with Gasteiger partial charge in [-0.1, -0.05) is 29.3 Å². The average Bonchev–Trinajstić information content (AvgIpc) is 2.44. The van der Waals surface area contributed by atoms with Crippen molar-refractivity contribution >= 4 is 40.5 Å². The molecule has 2 N–H and O–H groups in total. The van der Waals surface area contributed by atoms with Crippen molar-refractivity contribution in [2.75, 3.05) is 24.3 Å². The van der Waals surface area contributed by atoms with E-state index in [2.05, 4.69) is 5.32 Å². The molecule has 0 aliphatic rings. The van der Waals surface area contributed by atoms with Crippen molar-refractivity contribution in [1.82, 2.24) is 0 Å². The summed E-state index contributed by atoms with van der Waals surface area (Å²) in [6, 6.07) is 10.1. The number of rotatable bonds is 3. The minimum atomic E-state index is -0.281. The monoisotopic (exact) mass is 324 g/mol. The topological polar surface area (TPSA) is 52.6 Å². The Balaban J connectivity index is 2.24. The van der Waals surface area contributed by atoms with E-state index < -0.39 is 0 Å². The van der Waals surface area contributed by atoms with Crippen molar-refractivity contribution in [1.29, 1.82) is 0 Å². The maximum atomic E-state index is 12.2. The van der Waals surface area contributed by atoms with E-state index in [-0.39, 0.29) is 21.7 Å². The Hall–Kier alpha value is -1.91. The number of carbonyl (C=O) groups excluding carboxylic acids is 1. The van der Waals surface area contributed by atoms with Crippen molar-refractivity contribution in [3.05, 3.63) is 52.0 Å². The SMILES string of the molecule is CN(C)c1cccc(C(=O)Nc2cc(Cl)c(O)c(Cl)c2)c1. The zero-order chi connectivity index (χ0) is 15.6. The lowest BCUT2D eigenvalue weighted by Gasteiger charge is -2.13. The van der Waals surface area contributed by atoms with Gasteiger partial charge in [0.25, 0.3) is 5.91 Å². The Labute approximate surface area is 132 Å². The summed E-state index contributed by atoms with van der Waals surface area (Å²) in [6.45, 7) is 0. The Morgan fingerprint density at radius 1 is 1.14 bits per heavy atom. The van der Waals surface area contributed by atoms with Crippen LogP contribution in [0.2, 0.25) is 10.0 Å². The van der Waals surface area contributed by atoms with Gasteiger partial charge in [0, 0.05) is 31.0 Å². The molecule has 0 bridgehead atoms. The van der Waals surface area contributed by atoms with E-state index in [0.717, 1.165) is 5.69 Å². The zero-order valence-electron chi connectivity index (χ0n) is 11.5. The Kier molecular flexibility index (Phi) is 4.60. The predicted molar refractivity (Wildman–Crippen MR) is 86.8 cm³/mol. The van der Waals surface area contributed by atoms with Gasteiger partial charge in [-0.05, 0) is 30.3 Å². The molecule has 0 saturated carbocycles. The molecular formula is C15H14Cl2N2O2. The fourth-order valence-corrected chi connectivity index (χ4v) is 2.25. The maximum absolute atomic E-state index is 12.2. The van der Waals surface area contributed by atoms with Crippen LogP contribution >= 0.6 is 23.2 Å². The summed E-state index contributed by atoms with van der Waals surface area (Å²) < 4.78 is 0. The third-order valence-corrected chi connectivity index (χ3v) is 3.48. The van der Waals surface area contributed by atoms with E-state index in [1.54, 1.807) is 18.2 Å². The molecule has 6 heteroatoms. The van der Waals surface area contributed by atoms with Crippen LogP contribution in [0.3, 0.4) is 0 Å². The van der Waals surface area contributed by atoms with Gasteiger partial charge in [0.2, 0.25) is 0 Å². The predicted octanol–water partition coefficient (Wildman–Crippen LogP) is 4.02. The maximum Gasteiger partial charge on any atom is 0.255 e. The fraction of sp³-hybridized carbons (Fsp3) is 0.133. The molecule has 0 fully saturated rings. The highest BCUT2D eigenvalue weighted by atomic mass is 35.5. The van der Waals surface area contributed by atoms with E-state index in [0.29, 0.717) is 11.3 Å². The molecule has 2 aromatic carbocycles. The first-order valence-corrected chi connectivity index (χ1v) is 6.91. The van der Waals surface area contributed by atoms with E-state index in [1.807, 2.05) is 25.1 Å². The summed E-state index contributed by atoms with van der Waals surface area (Å²) in [7, 11) is 3.80. The van der Waals surface area contributed by atoms with Crippen LogP contribution in [-0.4, -0.2) is 25.1 Å². The average molecular weight is 325 g/mol. The minimum Gasteiger partial charge on any atom is -0.505 e. The van der Waals surface area contributed by atoms with Gasteiger partial charge in [-0.3, -0.25) is 4.79 Å². The lowest BCUT2D eigenvalue weighted by atomic mass is 10.1. The molecule has 0 saturated heterocycles. The largest absolute Gasteiger partial charge is 0.505 e. The lowest BCUT2D eigenvalue weighted by Crippen LogP contribution is -2.14. The quantitative estimate of drug-likeness (QED) is 0.838. The highest BCUT2D eigenvalue weighted by Crippen LogP contribution is 2.34. The number of phenolic OH excluding ortho intramolecular Hbond substituents is 1. The van der Waals surface area contributed by atoms with Gasteiger partial charge in [-0.25, -0.2) is 0 Å². The molecule has 0 radical (unpaired) electrons. The van der Waals surface area contributed by atoms with Gasteiger partial charge in [0.05, 0.1) is 10.0 Å². The van der Waals surface area contributed by atoms with E-state index >= 15 is 0 Å². The van der Waals surface area contributed by atoms with Crippen LogP contribution in [-0.2, 0) is 0 Å². The number of carbonyl (C=O) groups is 1. The van der Waals surface area contributed by atoms with Gasteiger partial charge < -0.3 is 15.3 Å². The Bertz CT molecular complexity index is 664. The van der Waals surface area contributed by atoms with Crippen molar-refractivity contribution in [2.45, 2.75) is 0 Å². The van der Waals surface area contributed by atoms with Crippen LogP contribution < -0.4 is 10.2 Å². The van der Waals surface area contributed by atoms with Crippen molar-refractivity contribution < 1.29 is 9.90 Å². The highest BCUT2D eigenvalue weighted by Gasteiger charge is 2.11. The van der Waals surface area contributed by atoms with Crippen LogP contribution in [0.25, 0.3) is 0 Å². The molecule has 0 aliphatic carbocycles. The summed E-state index contributed by atoms with van der Waals surface area (Å²) >= 11 is 11.6. The molecule has 2 aromatic rings. The molecule has 0 atom stereocenters. The van der Waals surface area contributed by atoms with Gasteiger partial charge in [-0.2, -0.15) is 0 Å². The molecule has 1 amide bonds. The molecule has 0 spiro atoms. The number of phenols is 1. The molecule has 21 heavy (non-hydrogen) atoms. The van der Waals surface area contributed by atoms with Crippen LogP contribution in [0.5, 0.6) is 5.75 Å². The standard InChI is InChI=1S/C15H14Cl2N2O2/c1-19(2)11-5-3-4-9(6-11)15(21)18-10-7-12(16)14(20)13(17)8-10/h3-8,20H,1-2H3,(H,18,21). The first-order chi connectivity index (χ1) is 9.88. The third-order valence-electron chi connectivity index (χ3n) is 2.90. The van der Waals surface area contributed by atoms with Crippen molar-refractivity contribution in [3.63, 3.8) is 0 Å². The van der Waals surface area contributed by atoms with Gasteiger partial charge >= 0.3 is 0 Å². The normalized spacial score (nSPS) is 10.3. The number of benzene rings is 2. The number of aromatic hydroxyl groups is 1. The molecule has 0 heterocycles.